The van der Waals surface area contributed by atoms with Crippen molar-refractivity contribution in [2.24, 2.45) is 0 Å². The highest BCUT2D eigenvalue weighted by molar-refractivity contribution is 7.16. The number of benzene rings is 1. The zero-order valence-corrected chi connectivity index (χ0v) is 14.8. The zero-order valence-electron chi connectivity index (χ0n) is 13.9. The standard InChI is InChI=1S/C20H18N2O2S/c1-14(23)22-11-7-16(8-12-22)15-2-4-17(5-3-15)24-19-6-10-21-20-18(19)9-13-25-20/h2-7,9-10,13H,8,11-12H2,1H3. The molecule has 5 heteroatoms. The molecule has 4 rings (SSSR count). The molecule has 2 aromatic heterocycles. The fourth-order valence-electron chi connectivity index (χ4n) is 3.02. The first-order chi connectivity index (χ1) is 12.2. The molecule has 0 bridgehead atoms. The normalized spacial score (nSPS) is 14.4. The van der Waals surface area contributed by atoms with E-state index in [1.54, 1.807) is 24.5 Å². The second kappa shape index (κ2) is 6.69. The Morgan fingerprint density at radius 1 is 1.20 bits per heavy atom. The van der Waals surface area contributed by atoms with E-state index in [9.17, 15) is 4.79 Å². The lowest BCUT2D eigenvalue weighted by Crippen LogP contribution is -2.32. The van der Waals surface area contributed by atoms with Crippen molar-refractivity contribution in [2.45, 2.75) is 13.3 Å². The Labute approximate surface area is 150 Å². The molecule has 0 saturated carbocycles. The minimum Gasteiger partial charge on any atom is -0.457 e. The van der Waals surface area contributed by atoms with E-state index in [0.717, 1.165) is 34.7 Å². The molecule has 0 radical (unpaired) electrons. The molecule has 1 aliphatic rings. The molecular formula is C20H18N2O2S. The highest BCUT2D eigenvalue weighted by atomic mass is 32.1. The molecule has 0 fully saturated rings. The number of carbonyl (C=O) groups is 1. The lowest BCUT2D eigenvalue weighted by molar-refractivity contribution is -0.128. The smallest absolute Gasteiger partial charge is 0.219 e. The molecule has 3 heterocycles. The Morgan fingerprint density at radius 3 is 2.76 bits per heavy atom. The summed E-state index contributed by atoms with van der Waals surface area (Å²) in [6.45, 7) is 3.09. The Hall–Kier alpha value is -2.66. The summed E-state index contributed by atoms with van der Waals surface area (Å²) in [5.41, 5.74) is 2.47. The van der Waals surface area contributed by atoms with Gasteiger partial charge in [-0.25, -0.2) is 4.98 Å². The summed E-state index contributed by atoms with van der Waals surface area (Å²) in [5.74, 6) is 1.77. The van der Waals surface area contributed by atoms with E-state index in [1.807, 2.05) is 34.5 Å². The number of amides is 1. The van der Waals surface area contributed by atoms with Gasteiger partial charge in [0.25, 0.3) is 0 Å². The summed E-state index contributed by atoms with van der Waals surface area (Å²) >= 11 is 1.61. The Kier molecular flexibility index (Phi) is 4.24. The van der Waals surface area contributed by atoms with Crippen LogP contribution in [0.2, 0.25) is 0 Å². The van der Waals surface area contributed by atoms with Gasteiger partial charge in [0.05, 0.1) is 5.39 Å². The Bertz CT molecular complexity index is 944. The van der Waals surface area contributed by atoms with Gasteiger partial charge in [-0.1, -0.05) is 18.2 Å². The lowest BCUT2D eigenvalue weighted by atomic mass is 9.99. The third-order valence-electron chi connectivity index (χ3n) is 4.44. The van der Waals surface area contributed by atoms with E-state index in [4.69, 9.17) is 4.74 Å². The van der Waals surface area contributed by atoms with Crippen LogP contribution in [0.3, 0.4) is 0 Å². The Balaban J connectivity index is 1.51. The highest BCUT2D eigenvalue weighted by Gasteiger charge is 2.14. The maximum Gasteiger partial charge on any atom is 0.219 e. The first-order valence-electron chi connectivity index (χ1n) is 8.26. The van der Waals surface area contributed by atoms with E-state index in [0.29, 0.717) is 6.54 Å². The number of ether oxygens (including phenoxy) is 1. The second-order valence-corrected chi connectivity index (χ2v) is 6.91. The number of rotatable bonds is 3. The summed E-state index contributed by atoms with van der Waals surface area (Å²) in [6, 6.07) is 12.1. The molecule has 0 saturated heterocycles. The number of thiophene rings is 1. The summed E-state index contributed by atoms with van der Waals surface area (Å²) in [6.07, 6.45) is 4.80. The molecule has 0 N–H and O–H groups in total. The van der Waals surface area contributed by atoms with Crippen molar-refractivity contribution in [1.29, 1.82) is 0 Å². The molecule has 0 atom stereocenters. The Morgan fingerprint density at radius 2 is 2.04 bits per heavy atom. The average Bonchev–Trinajstić information content (AvgIpc) is 3.12. The van der Waals surface area contributed by atoms with Crippen molar-refractivity contribution >= 4 is 33.0 Å². The van der Waals surface area contributed by atoms with Gasteiger partial charge in [0.2, 0.25) is 5.91 Å². The van der Waals surface area contributed by atoms with Crippen LogP contribution in [-0.2, 0) is 4.79 Å². The predicted molar refractivity (Wildman–Crippen MR) is 101 cm³/mol. The van der Waals surface area contributed by atoms with Crippen molar-refractivity contribution < 1.29 is 9.53 Å². The zero-order chi connectivity index (χ0) is 17.2. The van der Waals surface area contributed by atoms with Crippen molar-refractivity contribution in [3.8, 4) is 11.5 Å². The van der Waals surface area contributed by atoms with E-state index in [-0.39, 0.29) is 5.91 Å². The predicted octanol–water partition coefficient (Wildman–Crippen LogP) is 4.72. The number of carbonyl (C=O) groups excluding carboxylic acids is 1. The molecule has 4 nitrogen and oxygen atoms in total. The molecule has 0 unspecified atom stereocenters. The van der Waals surface area contributed by atoms with Crippen LogP contribution in [-0.4, -0.2) is 28.9 Å². The van der Waals surface area contributed by atoms with E-state index < -0.39 is 0 Å². The molecule has 1 aliphatic heterocycles. The fourth-order valence-corrected chi connectivity index (χ4v) is 3.77. The van der Waals surface area contributed by atoms with Gasteiger partial charge in [-0.3, -0.25) is 4.79 Å². The number of aromatic nitrogens is 1. The molecular weight excluding hydrogens is 332 g/mol. The van der Waals surface area contributed by atoms with Gasteiger partial charge in [-0.2, -0.15) is 0 Å². The largest absolute Gasteiger partial charge is 0.457 e. The summed E-state index contributed by atoms with van der Waals surface area (Å²) in [4.78, 5) is 18.6. The highest BCUT2D eigenvalue weighted by Crippen LogP contribution is 2.32. The maximum atomic E-state index is 11.4. The van der Waals surface area contributed by atoms with Crippen molar-refractivity contribution in [2.75, 3.05) is 13.1 Å². The second-order valence-electron chi connectivity index (χ2n) is 6.02. The topological polar surface area (TPSA) is 42.4 Å². The number of hydrogen-bond donors (Lipinski definition) is 0. The number of nitrogens with zero attached hydrogens (tertiary/aromatic N) is 2. The SMILES string of the molecule is CC(=O)N1CC=C(c2ccc(Oc3ccnc4sccc34)cc2)CC1. The minimum atomic E-state index is 0.135. The van der Waals surface area contributed by atoms with E-state index in [1.165, 1.54) is 11.1 Å². The first-order valence-corrected chi connectivity index (χ1v) is 9.14. The van der Waals surface area contributed by atoms with E-state index >= 15 is 0 Å². The van der Waals surface area contributed by atoms with Crippen molar-refractivity contribution in [1.82, 2.24) is 9.88 Å². The number of hydrogen-bond acceptors (Lipinski definition) is 4. The lowest BCUT2D eigenvalue weighted by Gasteiger charge is -2.25. The van der Waals surface area contributed by atoms with Gasteiger partial charge in [-0.15, -0.1) is 11.3 Å². The van der Waals surface area contributed by atoms with Crippen LogP contribution < -0.4 is 4.74 Å². The third-order valence-corrected chi connectivity index (χ3v) is 5.26. The van der Waals surface area contributed by atoms with Crippen LogP contribution in [0.15, 0.2) is 54.1 Å². The summed E-state index contributed by atoms with van der Waals surface area (Å²) < 4.78 is 6.04. The molecule has 0 aliphatic carbocycles. The minimum absolute atomic E-state index is 0.135. The van der Waals surface area contributed by atoms with Crippen LogP contribution in [0.5, 0.6) is 11.5 Å². The number of fused-ring (bicyclic) bond motifs is 1. The molecule has 0 spiro atoms. The molecule has 3 aromatic rings. The number of pyridine rings is 1. The maximum absolute atomic E-state index is 11.4. The van der Waals surface area contributed by atoms with Crippen LogP contribution in [0.25, 0.3) is 15.8 Å². The van der Waals surface area contributed by atoms with Crippen LogP contribution in [0, 0.1) is 0 Å². The van der Waals surface area contributed by atoms with Crippen molar-refractivity contribution in [3.05, 3.63) is 59.6 Å². The van der Waals surface area contributed by atoms with Crippen LogP contribution in [0.4, 0.5) is 0 Å². The van der Waals surface area contributed by atoms with Crippen LogP contribution in [0.1, 0.15) is 18.9 Å². The van der Waals surface area contributed by atoms with Gasteiger partial charge in [0.1, 0.15) is 16.3 Å². The summed E-state index contributed by atoms with van der Waals surface area (Å²) in [7, 11) is 0. The van der Waals surface area contributed by atoms with Gasteiger partial charge >= 0.3 is 0 Å². The molecule has 1 aromatic carbocycles. The quantitative estimate of drug-likeness (QED) is 0.686. The van der Waals surface area contributed by atoms with Gasteiger partial charge in [-0.05, 0) is 47.2 Å². The third kappa shape index (κ3) is 3.28. The molecule has 126 valence electrons. The van der Waals surface area contributed by atoms with Crippen LogP contribution >= 0.6 is 11.3 Å². The molecule has 25 heavy (non-hydrogen) atoms. The van der Waals surface area contributed by atoms with E-state index in [2.05, 4.69) is 23.2 Å². The molecule has 1 amide bonds. The average molecular weight is 350 g/mol. The van der Waals surface area contributed by atoms with Crippen molar-refractivity contribution in [3.63, 3.8) is 0 Å². The van der Waals surface area contributed by atoms with Gasteiger partial charge in [0, 0.05) is 26.2 Å². The first kappa shape index (κ1) is 15.8. The van der Waals surface area contributed by atoms with Gasteiger partial charge < -0.3 is 9.64 Å². The monoisotopic (exact) mass is 350 g/mol. The fraction of sp³-hybridized carbons (Fsp3) is 0.200. The summed E-state index contributed by atoms with van der Waals surface area (Å²) in [5, 5.41) is 3.06. The van der Waals surface area contributed by atoms with Gasteiger partial charge in [0.15, 0.2) is 0 Å².